The Bertz CT molecular complexity index is 151. The van der Waals surface area contributed by atoms with Crippen LogP contribution in [0.5, 0.6) is 0 Å². The van der Waals surface area contributed by atoms with Crippen LogP contribution in [0.3, 0.4) is 0 Å². The van der Waals surface area contributed by atoms with Crippen LogP contribution in [0.2, 0.25) is 0 Å². The van der Waals surface area contributed by atoms with E-state index in [1.165, 1.54) is 0 Å². The second-order valence-corrected chi connectivity index (χ2v) is 1.66. The Morgan fingerprint density at radius 3 is 3.38 bits per heavy atom. The first-order valence-electron chi connectivity index (χ1n) is 2.60. The van der Waals surface area contributed by atoms with E-state index in [9.17, 15) is 0 Å². The van der Waals surface area contributed by atoms with Crippen molar-refractivity contribution in [1.82, 2.24) is 0 Å². The van der Waals surface area contributed by atoms with Gasteiger partial charge in [0.15, 0.2) is 0 Å². The third-order valence-electron chi connectivity index (χ3n) is 0.952. The minimum absolute atomic E-state index is 0.909. The molecule has 1 aliphatic rings. The van der Waals surface area contributed by atoms with Gasteiger partial charge >= 0.3 is 0 Å². The summed E-state index contributed by atoms with van der Waals surface area (Å²) < 4.78 is 0. The van der Waals surface area contributed by atoms with Gasteiger partial charge in [-0.05, 0) is 6.92 Å². The lowest BCUT2D eigenvalue weighted by atomic mass is 10.4. The Labute approximate surface area is 48.7 Å². The summed E-state index contributed by atoms with van der Waals surface area (Å²) in [5, 5.41) is 0. The number of rotatable bonds is 0. The lowest BCUT2D eigenvalue weighted by molar-refractivity contribution is 1.28. The van der Waals surface area contributed by atoms with Gasteiger partial charge in [0.05, 0.1) is 0 Å². The van der Waals surface area contributed by atoms with Gasteiger partial charge in [-0.1, -0.05) is 6.08 Å². The standard InChI is InChI=1S/C6H8N2/c1-6-3-2-4-7-5-8-6/h3-5H,2H2,1H3. The van der Waals surface area contributed by atoms with Crippen LogP contribution in [0.15, 0.2) is 21.8 Å². The molecular formula is C6H8N2. The van der Waals surface area contributed by atoms with Crippen LogP contribution in [-0.4, -0.2) is 12.6 Å². The van der Waals surface area contributed by atoms with E-state index in [-0.39, 0.29) is 0 Å². The van der Waals surface area contributed by atoms with E-state index in [0.717, 1.165) is 12.1 Å². The van der Waals surface area contributed by atoms with Crippen molar-refractivity contribution >= 4 is 12.6 Å². The molecule has 2 heteroatoms. The molecule has 0 saturated carbocycles. The zero-order valence-corrected chi connectivity index (χ0v) is 4.83. The van der Waals surface area contributed by atoms with Gasteiger partial charge in [0.1, 0.15) is 6.34 Å². The van der Waals surface area contributed by atoms with Crippen molar-refractivity contribution in [2.45, 2.75) is 13.3 Å². The molecule has 0 bridgehead atoms. The predicted molar refractivity (Wildman–Crippen MR) is 35.4 cm³/mol. The minimum atomic E-state index is 0.909. The molecule has 0 saturated heterocycles. The molecule has 0 aliphatic carbocycles. The maximum absolute atomic E-state index is 3.96. The zero-order chi connectivity index (χ0) is 5.82. The van der Waals surface area contributed by atoms with E-state index in [0.29, 0.717) is 0 Å². The van der Waals surface area contributed by atoms with Gasteiger partial charge in [-0.3, -0.25) is 0 Å². The van der Waals surface area contributed by atoms with Crippen molar-refractivity contribution in [2.75, 3.05) is 0 Å². The molecule has 8 heavy (non-hydrogen) atoms. The molecule has 0 atom stereocenters. The van der Waals surface area contributed by atoms with E-state index < -0.39 is 0 Å². The van der Waals surface area contributed by atoms with Crippen LogP contribution in [-0.2, 0) is 0 Å². The molecule has 0 N–H and O–H groups in total. The molecule has 0 aromatic heterocycles. The molecule has 1 aliphatic heterocycles. The fraction of sp³-hybridized carbons (Fsp3) is 0.333. The summed E-state index contributed by atoms with van der Waals surface area (Å²) in [6.07, 6.45) is 6.34. The summed E-state index contributed by atoms with van der Waals surface area (Å²) in [4.78, 5) is 7.81. The number of hydrogen-bond acceptors (Lipinski definition) is 2. The van der Waals surface area contributed by atoms with E-state index in [2.05, 4.69) is 9.98 Å². The summed E-state index contributed by atoms with van der Waals surface area (Å²) in [7, 11) is 0. The lowest BCUT2D eigenvalue weighted by Crippen LogP contribution is -1.66. The molecular weight excluding hydrogens is 100 g/mol. The second kappa shape index (κ2) is 2.40. The normalized spacial score (nSPS) is 17.9. The molecule has 0 aromatic carbocycles. The van der Waals surface area contributed by atoms with Gasteiger partial charge in [0, 0.05) is 18.3 Å². The SMILES string of the molecule is CC1=CCC=NC=N1. The zero-order valence-electron chi connectivity index (χ0n) is 4.83. The topological polar surface area (TPSA) is 24.7 Å². The minimum Gasteiger partial charge on any atom is -0.249 e. The van der Waals surface area contributed by atoms with Gasteiger partial charge in [-0.15, -0.1) is 0 Å². The van der Waals surface area contributed by atoms with Crippen LogP contribution in [0.25, 0.3) is 0 Å². The summed E-state index contributed by atoms with van der Waals surface area (Å²) >= 11 is 0. The Balaban J connectivity index is 2.69. The fourth-order valence-corrected chi connectivity index (χ4v) is 0.508. The second-order valence-electron chi connectivity index (χ2n) is 1.66. The van der Waals surface area contributed by atoms with Crippen LogP contribution in [0.4, 0.5) is 0 Å². The Morgan fingerprint density at radius 2 is 2.50 bits per heavy atom. The van der Waals surface area contributed by atoms with Gasteiger partial charge in [0.2, 0.25) is 0 Å². The highest BCUT2D eigenvalue weighted by Gasteiger charge is 1.82. The third kappa shape index (κ3) is 1.30. The first kappa shape index (κ1) is 5.22. The van der Waals surface area contributed by atoms with E-state index >= 15 is 0 Å². The molecule has 0 aromatic rings. The predicted octanol–water partition coefficient (Wildman–Crippen LogP) is 1.39. The summed E-state index contributed by atoms with van der Waals surface area (Å²) in [6, 6.07) is 0. The molecule has 0 spiro atoms. The first-order chi connectivity index (χ1) is 3.89. The van der Waals surface area contributed by atoms with Crippen molar-refractivity contribution in [1.29, 1.82) is 0 Å². The first-order valence-corrected chi connectivity index (χ1v) is 2.60. The molecule has 2 nitrogen and oxygen atoms in total. The van der Waals surface area contributed by atoms with Crippen LogP contribution in [0.1, 0.15) is 13.3 Å². The van der Waals surface area contributed by atoms with Crippen molar-refractivity contribution in [3.05, 3.63) is 11.8 Å². The third-order valence-corrected chi connectivity index (χ3v) is 0.952. The highest BCUT2D eigenvalue weighted by Crippen LogP contribution is 1.96. The molecule has 0 unspecified atom stereocenters. The Morgan fingerprint density at radius 1 is 1.62 bits per heavy atom. The highest BCUT2D eigenvalue weighted by molar-refractivity contribution is 5.74. The van der Waals surface area contributed by atoms with Crippen LogP contribution in [0, 0.1) is 0 Å². The average molecular weight is 108 g/mol. The monoisotopic (exact) mass is 108 g/mol. The van der Waals surface area contributed by atoms with E-state index in [1.807, 2.05) is 19.2 Å². The van der Waals surface area contributed by atoms with Crippen LogP contribution >= 0.6 is 0 Å². The summed E-state index contributed by atoms with van der Waals surface area (Å²) in [5.41, 5.74) is 1.04. The highest BCUT2D eigenvalue weighted by atomic mass is 14.9. The van der Waals surface area contributed by atoms with Gasteiger partial charge in [-0.25, -0.2) is 9.98 Å². The largest absolute Gasteiger partial charge is 0.249 e. The number of hydrogen-bond donors (Lipinski definition) is 0. The lowest BCUT2D eigenvalue weighted by Gasteiger charge is -1.81. The van der Waals surface area contributed by atoms with E-state index in [4.69, 9.17) is 0 Å². The smallest absolute Gasteiger partial charge is 0.115 e. The van der Waals surface area contributed by atoms with Crippen molar-refractivity contribution < 1.29 is 0 Å². The molecule has 0 fully saturated rings. The van der Waals surface area contributed by atoms with Crippen LogP contribution < -0.4 is 0 Å². The quantitative estimate of drug-likeness (QED) is 0.448. The Hall–Kier alpha value is -0.920. The van der Waals surface area contributed by atoms with Gasteiger partial charge < -0.3 is 0 Å². The molecule has 1 rings (SSSR count). The molecule has 1 heterocycles. The van der Waals surface area contributed by atoms with Crippen molar-refractivity contribution in [3.63, 3.8) is 0 Å². The van der Waals surface area contributed by atoms with Crippen molar-refractivity contribution in [2.24, 2.45) is 9.98 Å². The summed E-state index contributed by atoms with van der Waals surface area (Å²) in [5.74, 6) is 0. The summed E-state index contributed by atoms with van der Waals surface area (Å²) in [6.45, 7) is 1.96. The van der Waals surface area contributed by atoms with Gasteiger partial charge in [-0.2, -0.15) is 0 Å². The van der Waals surface area contributed by atoms with Crippen molar-refractivity contribution in [3.8, 4) is 0 Å². The maximum atomic E-state index is 3.96. The number of aliphatic imine (C=N–C) groups is 2. The van der Waals surface area contributed by atoms with Gasteiger partial charge in [0.25, 0.3) is 0 Å². The fourth-order valence-electron chi connectivity index (χ4n) is 0.508. The number of nitrogens with zero attached hydrogens (tertiary/aromatic N) is 2. The molecule has 0 radical (unpaired) electrons. The molecule has 42 valence electrons. The average Bonchev–Trinajstić information content (AvgIpc) is 1.94. The maximum Gasteiger partial charge on any atom is 0.115 e. The Kier molecular flexibility index (Phi) is 1.57. The molecule has 0 amide bonds. The van der Waals surface area contributed by atoms with E-state index in [1.54, 1.807) is 6.34 Å². The number of allylic oxidation sites excluding steroid dienone is 2.